The summed E-state index contributed by atoms with van der Waals surface area (Å²) in [6, 6.07) is 12.8. The van der Waals surface area contributed by atoms with Crippen LogP contribution >= 0.6 is 0 Å². The molecule has 0 spiro atoms. The van der Waals surface area contributed by atoms with Gasteiger partial charge in [-0.15, -0.1) is 0 Å². The van der Waals surface area contributed by atoms with Gasteiger partial charge in [0.15, 0.2) is 0 Å². The summed E-state index contributed by atoms with van der Waals surface area (Å²) in [6.45, 7) is 6.06. The Labute approximate surface area is 164 Å². The molecule has 2 aromatic heterocycles. The third-order valence-corrected chi connectivity index (χ3v) is 7.12. The number of halogens is 1. The Balaban J connectivity index is 0.00000210. The molecule has 0 fully saturated rings. The van der Waals surface area contributed by atoms with Crippen LogP contribution in [0.5, 0.6) is 0 Å². The van der Waals surface area contributed by atoms with Gasteiger partial charge < -0.3 is 0 Å². The Hall–Kier alpha value is -3.53. The summed E-state index contributed by atoms with van der Waals surface area (Å²) >= 11 is -0.308. The van der Waals surface area contributed by atoms with Crippen molar-refractivity contribution in [1.82, 2.24) is 9.38 Å². The molecular formula is C23H19ILrN2-2. The maximum atomic E-state index is 4.72. The van der Waals surface area contributed by atoms with E-state index in [-0.39, 0.29) is 21.2 Å². The number of fused-ring (bicyclic) bond motifs is 1. The fourth-order valence-corrected chi connectivity index (χ4v) is 5.36. The molecule has 1 aliphatic carbocycles. The van der Waals surface area contributed by atoms with Crippen LogP contribution in [0.4, 0.5) is 0 Å². The number of benzene rings is 1. The summed E-state index contributed by atoms with van der Waals surface area (Å²) in [6.07, 6.45) is 16.8. The zero-order valence-electron chi connectivity index (χ0n) is 14.8. The molecule has 3 aromatic rings. The Morgan fingerprint density at radius 2 is 2.07 bits per heavy atom. The van der Waals surface area contributed by atoms with Crippen LogP contribution in [0.3, 0.4) is 0 Å². The van der Waals surface area contributed by atoms with Crippen LogP contribution in [-0.2, 0) is 0 Å². The monoisotopic (exact) mass is 712 g/mol. The van der Waals surface area contributed by atoms with E-state index in [0.717, 1.165) is 16.8 Å². The number of hydrogen-bond donors (Lipinski definition) is 0. The number of hydrogen-bond acceptors (Lipinski definition) is 1. The van der Waals surface area contributed by atoms with Crippen LogP contribution in [0.2, 0.25) is 0 Å². The molecule has 0 amide bonds. The molecule has 0 N–H and O–H groups in total. The van der Waals surface area contributed by atoms with Gasteiger partial charge in [-0.1, -0.05) is 0 Å². The fourth-order valence-electron chi connectivity index (χ4n) is 2.88. The van der Waals surface area contributed by atoms with Crippen molar-refractivity contribution in [3.05, 3.63) is 105 Å². The predicted octanol–water partition coefficient (Wildman–Crippen LogP) is 2.51. The third kappa shape index (κ3) is 3.70. The average Bonchev–Trinajstić information content (AvgIpc) is 2.99. The number of rotatable bonds is 4. The molecule has 27 heavy (non-hydrogen) atoms. The number of nitrogens with zero attached hydrogens (tertiary/aromatic N) is 2. The van der Waals surface area contributed by atoms with Crippen molar-refractivity contribution in [3.8, 4) is 11.3 Å². The van der Waals surface area contributed by atoms with Gasteiger partial charge in [-0.25, -0.2) is 0 Å². The molecule has 2 heterocycles. The summed E-state index contributed by atoms with van der Waals surface area (Å²) in [5.41, 5.74) is 4.51. The Morgan fingerprint density at radius 1 is 1.19 bits per heavy atom. The van der Waals surface area contributed by atoms with E-state index >= 15 is 0 Å². The van der Waals surface area contributed by atoms with Crippen LogP contribution in [0, 0.1) is 9.49 Å². The average molecular weight is 712 g/mol. The molecule has 0 saturated heterocycles. The zero-order chi connectivity index (χ0) is 17.9. The largest absolute Gasteiger partial charge is 0 e. The van der Waals surface area contributed by atoms with E-state index in [1.165, 1.54) is 18.6 Å². The van der Waals surface area contributed by atoms with E-state index in [1.54, 1.807) is 0 Å². The summed E-state index contributed by atoms with van der Waals surface area (Å²) < 4.78 is 4.85. The van der Waals surface area contributed by atoms with Crippen molar-refractivity contribution in [2.24, 2.45) is 0 Å². The molecular weight excluding hydrogens is 693 g/mol. The molecule has 2 nitrogen and oxygen atoms in total. The Bertz CT molecular complexity index is 1060. The van der Waals surface area contributed by atoms with E-state index < -0.39 is 0 Å². The number of allylic oxidation sites excluding steroid dienone is 6. The molecule has 1 aliphatic rings. The molecule has 0 atom stereocenters. The first kappa shape index (κ1) is 18.3. The second kappa shape index (κ2) is 7.79. The van der Waals surface area contributed by atoms with Gasteiger partial charge in [0.25, 0.3) is 0 Å². The smallest absolute Gasteiger partial charge is 0 e. The molecule has 0 unspecified atom stereocenters. The second-order valence-corrected chi connectivity index (χ2v) is 9.06. The summed E-state index contributed by atoms with van der Waals surface area (Å²) in [5.74, 6) is 1.28. The van der Waals surface area contributed by atoms with Crippen LogP contribution in [0.25, 0.3) is 22.9 Å². The Kier molecular flexibility index (Phi) is 5.27. The molecule has 4 heteroatoms. The standard InChI is InChI=1S/C23H19IN2.Lr/c1-3-18-11-13-21(24-19-8-6-7-17(2)10-12-19)20(15-18)23-22-9-4-5-14-26(22)16-25-23;/h3-16H,1H2,2H3;/q-2;. The molecule has 1 radical (unpaired) electrons. The van der Waals surface area contributed by atoms with Crippen molar-refractivity contribution in [1.29, 1.82) is 0 Å². The van der Waals surface area contributed by atoms with E-state index in [4.69, 9.17) is 4.98 Å². The molecule has 4 rings (SSSR count). The van der Waals surface area contributed by atoms with Crippen molar-refractivity contribution < 1.29 is 21.2 Å². The summed E-state index contributed by atoms with van der Waals surface area (Å²) in [4.78, 5) is 4.72. The van der Waals surface area contributed by atoms with Crippen molar-refractivity contribution in [3.63, 3.8) is 0 Å². The molecule has 0 aliphatic heterocycles. The minimum absolute atomic E-state index is 0. The fraction of sp³-hybridized carbons (Fsp3) is 0.0435. The maximum absolute atomic E-state index is 4.72. The molecule has 0 bridgehead atoms. The number of imidazole rings is 1. The molecule has 1 aromatic carbocycles. The topological polar surface area (TPSA) is 17.3 Å². The van der Waals surface area contributed by atoms with E-state index in [9.17, 15) is 0 Å². The molecule has 145 valence electrons. The number of aromatic nitrogens is 2. The van der Waals surface area contributed by atoms with Gasteiger partial charge in [-0.05, 0) is 0 Å². The van der Waals surface area contributed by atoms with Gasteiger partial charge in [0.05, 0.1) is 0 Å². The summed E-state index contributed by atoms with van der Waals surface area (Å²) in [5, 5.41) is 0. The summed E-state index contributed by atoms with van der Waals surface area (Å²) in [7, 11) is 0. The van der Waals surface area contributed by atoms with Gasteiger partial charge in [0.2, 0.25) is 0 Å². The SMILES string of the molecule is C=Cc1ccc([I-]C2=CC=C[C-](C)C=C2)c(-c2ncn3ccccc23)c1.[Lr]. The van der Waals surface area contributed by atoms with Crippen LogP contribution in [-0.4, -0.2) is 9.38 Å². The zero-order valence-corrected chi connectivity index (χ0v) is 19.1. The third-order valence-electron chi connectivity index (χ3n) is 4.26. The first-order valence-corrected chi connectivity index (χ1v) is 10.6. The van der Waals surface area contributed by atoms with Crippen LogP contribution in [0.1, 0.15) is 12.5 Å². The normalized spacial score (nSPS) is 13.4. The van der Waals surface area contributed by atoms with E-state index in [1.807, 2.05) is 24.7 Å². The van der Waals surface area contributed by atoms with Crippen molar-refractivity contribution in [2.75, 3.05) is 0 Å². The van der Waals surface area contributed by atoms with E-state index in [0.29, 0.717) is 0 Å². The quantitative estimate of drug-likeness (QED) is 0.301. The second-order valence-electron chi connectivity index (χ2n) is 6.11. The van der Waals surface area contributed by atoms with Gasteiger partial charge in [-0.3, -0.25) is 0 Å². The predicted molar refractivity (Wildman–Crippen MR) is 105 cm³/mol. The first-order chi connectivity index (χ1) is 12.7. The number of pyridine rings is 1. The van der Waals surface area contributed by atoms with Crippen LogP contribution < -0.4 is 21.2 Å². The van der Waals surface area contributed by atoms with Crippen molar-refractivity contribution >= 4 is 11.6 Å². The van der Waals surface area contributed by atoms with Gasteiger partial charge >= 0.3 is 165 Å². The van der Waals surface area contributed by atoms with Gasteiger partial charge in [0.1, 0.15) is 0 Å². The van der Waals surface area contributed by atoms with Crippen molar-refractivity contribution in [2.45, 2.75) is 6.92 Å². The van der Waals surface area contributed by atoms with Crippen LogP contribution in [0.15, 0.2) is 89.5 Å². The molecule has 0 saturated carbocycles. The minimum atomic E-state index is -0.308. The van der Waals surface area contributed by atoms with E-state index in [2.05, 4.69) is 78.6 Å². The minimum Gasteiger partial charge on any atom is 0 e. The van der Waals surface area contributed by atoms with Gasteiger partial charge in [-0.2, -0.15) is 0 Å². The van der Waals surface area contributed by atoms with Gasteiger partial charge in [0, 0.05) is 0 Å². The maximum Gasteiger partial charge on any atom is 0 e. The Morgan fingerprint density at radius 3 is 2.93 bits per heavy atom. The first-order valence-electron chi connectivity index (χ1n) is 8.48.